The Morgan fingerprint density at radius 2 is 2.24 bits per heavy atom. The second-order valence-electron chi connectivity index (χ2n) is 5.52. The molecule has 1 aromatic carbocycles. The fourth-order valence-corrected chi connectivity index (χ4v) is 2.99. The monoisotopic (exact) mass is 287 g/mol. The Morgan fingerprint density at radius 1 is 1.43 bits per heavy atom. The number of non-ortho nitro benzene ring substituents is 1. The summed E-state index contributed by atoms with van der Waals surface area (Å²) in [5, 5.41) is 22.2. The van der Waals surface area contributed by atoms with E-state index in [1.165, 1.54) is 0 Å². The summed E-state index contributed by atoms with van der Waals surface area (Å²) in [6.45, 7) is 3.42. The number of benzene rings is 1. The number of hydrogen-bond acceptors (Lipinski definition) is 5. The van der Waals surface area contributed by atoms with Gasteiger partial charge < -0.3 is 10.0 Å². The predicted octanol–water partition coefficient (Wildman–Crippen LogP) is 2.35. The zero-order valence-corrected chi connectivity index (χ0v) is 11.8. The van der Waals surface area contributed by atoms with Crippen molar-refractivity contribution < 1.29 is 10.0 Å². The van der Waals surface area contributed by atoms with E-state index < -0.39 is 0 Å². The molecule has 0 radical (unpaired) electrons. The molecular weight excluding hydrogens is 270 g/mol. The van der Waals surface area contributed by atoms with E-state index in [-0.39, 0.29) is 22.6 Å². The molecule has 1 aliphatic rings. The number of nitrogens with zero attached hydrogens (tertiary/aromatic N) is 3. The van der Waals surface area contributed by atoms with Crippen LogP contribution in [0.4, 0.5) is 11.4 Å². The van der Waals surface area contributed by atoms with Gasteiger partial charge in [0.05, 0.1) is 16.4 Å². The summed E-state index contributed by atoms with van der Waals surface area (Å²) in [4.78, 5) is 17.0. The van der Waals surface area contributed by atoms with E-state index in [0.717, 1.165) is 30.6 Å². The van der Waals surface area contributed by atoms with Crippen molar-refractivity contribution in [3.8, 4) is 0 Å². The molecule has 6 nitrogen and oxygen atoms in total. The highest BCUT2D eigenvalue weighted by Gasteiger charge is 2.28. The third-order valence-electron chi connectivity index (χ3n) is 4.22. The Balaban J connectivity index is 2.05. The molecule has 3 rings (SSSR count). The summed E-state index contributed by atoms with van der Waals surface area (Å²) >= 11 is 0. The maximum atomic E-state index is 11.1. The normalized spacial score (nSPS) is 19.9. The predicted molar refractivity (Wildman–Crippen MR) is 80.4 cm³/mol. The van der Waals surface area contributed by atoms with Gasteiger partial charge in [-0.15, -0.1) is 0 Å². The quantitative estimate of drug-likeness (QED) is 0.692. The van der Waals surface area contributed by atoms with Crippen molar-refractivity contribution in [2.24, 2.45) is 5.92 Å². The van der Waals surface area contributed by atoms with Gasteiger partial charge >= 0.3 is 0 Å². The second-order valence-corrected chi connectivity index (χ2v) is 5.52. The van der Waals surface area contributed by atoms with Crippen LogP contribution in [0.1, 0.15) is 13.3 Å². The van der Waals surface area contributed by atoms with Crippen LogP contribution in [0.25, 0.3) is 10.8 Å². The molecule has 1 aliphatic heterocycles. The molecule has 2 atom stereocenters. The standard InChI is InChI=1S/C15H17N3O3/c1-10(19)11-5-7-17(9-11)14-2-3-15(18(20)21)12-4-6-16-8-13(12)14/h2-4,6,8,10-11,19H,5,7,9H2,1H3. The molecule has 0 saturated carbocycles. The van der Waals surface area contributed by atoms with Gasteiger partial charge in [-0.05, 0) is 25.5 Å². The summed E-state index contributed by atoms with van der Waals surface area (Å²) in [6.07, 6.45) is 3.84. The van der Waals surface area contributed by atoms with Gasteiger partial charge in [-0.2, -0.15) is 0 Å². The molecule has 110 valence electrons. The molecule has 2 aromatic rings. The maximum absolute atomic E-state index is 11.1. The van der Waals surface area contributed by atoms with Gasteiger partial charge in [-0.3, -0.25) is 15.1 Å². The van der Waals surface area contributed by atoms with Crippen LogP contribution in [0.2, 0.25) is 0 Å². The van der Waals surface area contributed by atoms with Crippen molar-refractivity contribution in [3.05, 3.63) is 40.7 Å². The molecule has 2 unspecified atom stereocenters. The van der Waals surface area contributed by atoms with Crippen molar-refractivity contribution in [2.75, 3.05) is 18.0 Å². The molecule has 0 aliphatic carbocycles. The molecule has 0 bridgehead atoms. The Hall–Kier alpha value is -2.21. The molecule has 0 amide bonds. The summed E-state index contributed by atoms with van der Waals surface area (Å²) < 4.78 is 0. The van der Waals surface area contributed by atoms with Gasteiger partial charge in [0.1, 0.15) is 0 Å². The Labute approximate surface area is 122 Å². The van der Waals surface area contributed by atoms with Crippen LogP contribution in [-0.2, 0) is 0 Å². The maximum Gasteiger partial charge on any atom is 0.277 e. The number of aliphatic hydroxyl groups excluding tert-OH is 1. The highest BCUT2D eigenvalue weighted by molar-refractivity contribution is 5.99. The highest BCUT2D eigenvalue weighted by atomic mass is 16.6. The van der Waals surface area contributed by atoms with E-state index >= 15 is 0 Å². The van der Waals surface area contributed by atoms with E-state index in [1.54, 1.807) is 30.6 Å². The first-order chi connectivity index (χ1) is 10.1. The number of nitro groups is 1. The molecule has 1 fully saturated rings. The Morgan fingerprint density at radius 3 is 2.90 bits per heavy atom. The first-order valence-electron chi connectivity index (χ1n) is 7.02. The molecule has 1 N–H and O–H groups in total. The number of aromatic nitrogens is 1. The Kier molecular flexibility index (Phi) is 3.47. The average molecular weight is 287 g/mol. The van der Waals surface area contributed by atoms with E-state index in [2.05, 4.69) is 9.88 Å². The SMILES string of the molecule is CC(O)C1CCN(c2ccc([N+](=O)[O-])c3ccncc23)C1. The van der Waals surface area contributed by atoms with E-state index in [0.29, 0.717) is 5.39 Å². The molecule has 1 saturated heterocycles. The first-order valence-corrected chi connectivity index (χ1v) is 7.02. The van der Waals surface area contributed by atoms with Crippen LogP contribution in [0, 0.1) is 16.0 Å². The molecule has 6 heteroatoms. The summed E-state index contributed by atoms with van der Waals surface area (Å²) in [7, 11) is 0. The van der Waals surface area contributed by atoms with Gasteiger partial charge in [0.15, 0.2) is 0 Å². The summed E-state index contributed by atoms with van der Waals surface area (Å²) in [5.41, 5.74) is 1.05. The van der Waals surface area contributed by atoms with Crippen molar-refractivity contribution in [2.45, 2.75) is 19.4 Å². The number of pyridine rings is 1. The van der Waals surface area contributed by atoms with Crippen molar-refractivity contribution in [1.29, 1.82) is 0 Å². The fourth-order valence-electron chi connectivity index (χ4n) is 2.99. The van der Waals surface area contributed by atoms with Crippen LogP contribution >= 0.6 is 0 Å². The number of aliphatic hydroxyl groups is 1. The van der Waals surface area contributed by atoms with Crippen molar-refractivity contribution in [3.63, 3.8) is 0 Å². The largest absolute Gasteiger partial charge is 0.393 e. The van der Waals surface area contributed by atoms with Gasteiger partial charge in [0.25, 0.3) is 5.69 Å². The number of rotatable bonds is 3. The smallest absolute Gasteiger partial charge is 0.277 e. The molecule has 2 heterocycles. The molecular formula is C15H17N3O3. The van der Waals surface area contributed by atoms with Crippen LogP contribution in [0.15, 0.2) is 30.6 Å². The number of anilines is 1. The third kappa shape index (κ3) is 2.42. The van der Waals surface area contributed by atoms with Gasteiger partial charge in [0.2, 0.25) is 0 Å². The minimum Gasteiger partial charge on any atom is -0.393 e. The van der Waals surface area contributed by atoms with E-state index in [1.807, 2.05) is 6.92 Å². The van der Waals surface area contributed by atoms with E-state index in [4.69, 9.17) is 0 Å². The van der Waals surface area contributed by atoms with Crippen molar-refractivity contribution >= 4 is 22.1 Å². The first kappa shape index (κ1) is 13.8. The Bertz CT molecular complexity index is 687. The number of fused-ring (bicyclic) bond motifs is 1. The van der Waals surface area contributed by atoms with Crippen molar-refractivity contribution in [1.82, 2.24) is 4.98 Å². The molecule has 21 heavy (non-hydrogen) atoms. The lowest BCUT2D eigenvalue weighted by Crippen LogP contribution is -2.24. The average Bonchev–Trinajstić information content (AvgIpc) is 2.95. The zero-order chi connectivity index (χ0) is 15.0. The topological polar surface area (TPSA) is 79.5 Å². The van der Waals surface area contributed by atoms with E-state index in [9.17, 15) is 15.2 Å². The van der Waals surface area contributed by atoms with Gasteiger partial charge in [-0.25, -0.2) is 0 Å². The third-order valence-corrected chi connectivity index (χ3v) is 4.22. The minimum absolute atomic E-state index is 0.0995. The zero-order valence-electron chi connectivity index (χ0n) is 11.8. The lowest BCUT2D eigenvalue weighted by Gasteiger charge is -2.21. The van der Waals surface area contributed by atoms with Crippen LogP contribution in [-0.4, -0.2) is 34.2 Å². The lowest BCUT2D eigenvalue weighted by atomic mass is 10.0. The lowest BCUT2D eigenvalue weighted by molar-refractivity contribution is -0.383. The van der Waals surface area contributed by atoms with Crippen LogP contribution < -0.4 is 4.90 Å². The summed E-state index contributed by atoms with van der Waals surface area (Å²) in [6, 6.07) is 5.01. The van der Waals surface area contributed by atoms with Crippen LogP contribution in [0.3, 0.4) is 0 Å². The fraction of sp³-hybridized carbons (Fsp3) is 0.400. The molecule has 1 aromatic heterocycles. The number of hydrogen-bond donors (Lipinski definition) is 1. The second kappa shape index (κ2) is 5.29. The van der Waals surface area contributed by atoms with Gasteiger partial charge in [-0.1, -0.05) is 0 Å². The van der Waals surface area contributed by atoms with Crippen LogP contribution in [0.5, 0.6) is 0 Å². The summed E-state index contributed by atoms with van der Waals surface area (Å²) in [5.74, 6) is 0.243. The minimum atomic E-state index is -0.366. The number of nitro benzene ring substituents is 1. The molecule has 0 spiro atoms. The van der Waals surface area contributed by atoms with Gasteiger partial charge in [0, 0.05) is 48.5 Å². The highest BCUT2D eigenvalue weighted by Crippen LogP contribution is 2.35.